The van der Waals surface area contributed by atoms with Gasteiger partial charge in [0.25, 0.3) is 0 Å². The number of nitrogens with zero attached hydrogens (tertiary/aromatic N) is 1. The van der Waals surface area contributed by atoms with Gasteiger partial charge in [-0.1, -0.05) is 39.5 Å². The first-order valence-corrected chi connectivity index (χ1v) is 9.70. The molecule has 0 N–H and O–H groups in total. The maximum absolute atomic E-state index is 11.8. The van der Waals surface area contributed by atoms with Crippen LogP contribution in [0.3, 0.4) is 0 Å². The molecule has 0 amide bonds. The monoisotopic (exact) mass is 337 g/mol. The number of cyclic esters (lactones) is 1. The first-order chi connectivity index (χ1) is 11.7. The normalized spacial score (nSPS) is 20.1. The number of carbonyl (C=O) groups is 1. The fourth-order valence-corrected chi connectivity index (χ4v) is 2.74. The molecule has 4 nitrogen and oxygen atoms in total. The van der Waals surface area contributed by atoms with E-state index in [1.165, 1.54) is 25.7 Å². The zero-order chi connectivity index (χ0) is 17.6. The summed E-state index contributed by atoms with van der Waals surface area (Å²) in [6.07, 6.45) is 7.30. The molecule has 1 aliphatic rings. The van der Waals surface area contributed by atoms with Gasteiger partial charge in [0.1, 0.15) is 12.0 Å². The van der Waals surface area contributed by atoms with Crippen LogP contribution < -0.4 is 0 Å². The van der Waals surface area contributed by atoms with Crippen LogP contribution in [0, 0.1) is 17.8 Å². The molecule has 0 unspecified atom stereocenters. The van der Waals surface area contributed by atoms with Crippen LogP contribution in [0.15, 0.2) is 0 Å². The maximum atomic E-state index is 11.8. The van der Waals surface area contributed by atoms with Gasteiger partial charge in [-0.15, -0.1) is 5.92 Å². The molecule has 0 aromatic heterocycles. The summed E-state index contributed by atoms with van der Waals surface area (Å²) in [6.45, 7) is 11.0. The summed E-state index contributed by atoms with van der Waals surface area (Å²) in [7, 11) is 0. The van der Waals surface area contributed by atoms with Crippen LogP contribution in [-0.2, 0) is 14.3 Å². The van der Waals surface area contributed by atoms with Gasteiger partial charge >= 0.3 is 5.97 Å². The molecule has 138 valence electrons. The third-order valence-electron chi connectivity index (χ3n) is 4.20. The van der Waals surface area contributed by atoms with Crippen LogP contribution in [0.1, 0.15) is 65.7 Å². The van der Waals surface area contributed by atoms with Gasteiger partial charge in [0, 0.05) is 26.0 Å². The van der Waals surface area contributed by atoms with E-state index < -0.39 is 0 Å². The average Bonchev–Trinajstić information content (AvgIpc) is 2.93. The highest BCUT2D eigenvalue weighted by atomic mass is 16.6. The summed E-state index contributed by atoms with van der Waals surface area (Å²) in [6, 6.07) is 0. The SMILES string of the molecule is CCCCN(CCC#C[C@H]1C[C@H](COCCC)OC1=O)CCCC. The van der Waals surface area contributed by atoms with Crippen LogP contribution in [-0.4, -0.2) is 49.8 Å². The Labute approximate surface area is 148 Å². The summed E-state index contributed by atoms with van der Waals surface area (Å²) >= 11 is 0. The standard InChI is InChI=1S/C20H35NO3/c1-4-7-12-21(13-8-5-2)14-10-9-11-18-16-19(24-20(18)22)17-23-15-6-3/h18-19H,4-8,10,12-17H2,1-3H3/t18-,19+/m0/s1. The van der Waals surface area contributed by atoms with Crippen molar-refractivity contribution in [1.29, 1.82) is 0 Å². The van der Waals surface area contributed by atoms with E-state index in [9.17, 15) is 4.79 Å². The van der Waals surface area contributed by atoms with Gasteiger partial charge in [0.2, 0.25) is 0 Å². The van der Waals surface area contributed by atoms with Crippen molar-refractivity contribution in [2.45, 2.75) is 71.8 Å². The predicted molar refractivity (Wildman–Crippen MR) is 97.7 cm³/mol. The molecule has 1 aliphatic heterocycles. The van der Waals surface area contributed by atoms with Gasteiger partial charge < -0.3 is 14.4 Å². The molecule has 1 fully saturated rings. The second kappa shape index (κ2) is 13.3. The molecule has 0 bridgehead atoms. The van der Waals surface area contributed by atoms with Gasteiger partial charge in [-0.2, -0.15) is 0 Å². The Hall–Kier alpha value is -1.05. The van der Waals surface area contributed by atoms with Gasteiger partial charge in [-0.05, 0) is 32.4 Å². The molecule has 0 spiro atoms. The lowest BCUT2D eigenvalue weighted by Gasteiger charge is -2.20. The predicted octanol–water partition coefficient (Wildman–Crippen LogP) is 3.64. The number of rotatable bonds is 12. The van der Waals surface area contributed by atoms with Crippen molar-refractivity contribution in [3.63, 3.8) is 0 Å². The summed E-state index contributed by atoms with van der Waals surface area (Å²) in [5.41, 5.74) is 0. The molecule has 1 heterocycles. The number of hydrogen-bond donors (Lipinski definition) is 0. The molecule has 1 rings (SSSR count). The van der Waals surface area contributed by atoms with Crippen molar-refractivity contribution in [3.05, 3.63) is 0 Å². The highest BCUT2D eigenvalue weighted by Crippen LogP contribution is 2.20. The Balaban J connectivity index is 2.31. The van der Waals surface area contributed by atoms with E-state index in [-0.39, 0.29) is 18.0 Å². The quantitative estimate of drug-likeness (QED) is 0.310. The molecule has 2 atom stereocenters. The number of carbonyl (C=O) groups excluding carboxylic acids is 1. The first-order valence-electron chi connectivity index (χ1n) is 9.70. The van der Waals surface area contributed by atoms with Gasteiger partial charge in [0.05, 0.1) is 6.61 Å². The van der Waals surface area contributed by atoms with E-state index in [0.29, 0.717) is 13.0 Å². The van der Waals surface area contributed by atoms with Crippen LogP contribution in [0.4, 0.5) is 0 Å². The molecule has 4 heteroatoms. The summed E-state index contributed by atoms with van der Waals surface area (Å²) in [4.78, 5) is 14.3. The number of hydrogen-bond acceptors (Lipinski definition) is 4. The third kappa shape index (κ3) is 8.70. The van der Waals surface area contributed by atoms with E-state index in [1.54, 1.807) is 0 Å². The van der Waals surface area contributed by atoms with Gasteiger partial charge in [-0.3, -0.25) is 4.79 Å². The summed E-state index contributed by atoms with van der Waals surface area (Å²) in [5, 5.41) is 0. The Morgan fingerprint density at radius 2 is 1.83 bits per heavy atom. The van der Waals surface area contributed by atoms with E-state index in [1.807, 2.05) is 0 Å². The minimum atomic E-state index is -0.264. The van der Waals surface area contributed by atoms with E-state index in [2.05, 4.69) is 37.5 Å². The fourth-order valence-electron chi connectivity index (χ4n) is 2.74. The highest BCUT2D eigenvalue weighted by molar-refractivity contribution is 5.77. The molecule has 1 saturated heterocycles. The smallest absolute Gasteiger partial charge is 0.321 e. The number of unbranched alkanes of at least 4 members (excludes halogenated alkanes) is 2. The maximum Gasteiger partial charge on any atom is 0.321 e. The van der Waals surface area contributed by atoms with Crippen molar-refractivity contribution < 1.29 is 14.3 Å². The van der Waals surface area contributed by atoms with Crippen molar-refractivity contribution in [2.24, 2.45) is 5.92 Å². The van der Waals surface area contributed by atoms with Gasteiger partial charge in [0.15, 0.2) is 0 Å². The second-order valence-electron chi connectivity index (χ2n) is 6.54. The van der Waals surface area contributed by atoms with Crippen LogP contribution >= 0.6 is 0 Å². The fraction of sp³-hybridized carbons (Fsp3) is 0.850. The van der Waals surface area contributed by atoms with Crippen LogP contribution in [0.2, 0.25) is 0 Å². The Morgan fingerprint density at radius 1 is 1.12 bits per heavy atom. The molecule has 0 radical (unpaired) electrons. The minimum absolute atomic E-state index is 0.117. The molecule has 0 aromatic carbocycles. The lowest BCUT2D eigenvalue weighted by molar-refractivity contribution is -0.144. The largest absolute Gasteiger partial charge is 0.459 e. The van der Waals surface area contributed by atoms with E-state index >= 15 is 0 Å². The second-order valence-corrected chi connectivity index (χ2v) is 6.54. The van der Waals surface area contributed by atoms with Crippen molar-refractivity contribution in [1.82, 2.24) is 4.90 Å². The van der Waals surface area contributed by atoms with Crippen molar-refractivity contribution in [2.75, 3.05) is 32.8 Å². The molecule has 0 saturated carbocycles. The molecule has 0 aliphatic carbocycles. The summed E-state index contributed by atoms with van der Waals surface area (Å²) < 4.78 is 10.8. The Bertz CT molecular complexity index is 391. The zero-order valence-corrected chi connectivity index (χ0v) is 15.8. The Kier molecular flexibility index (Phi) is 11.6. The molecular formula is C20H35NO3. The molecule has 0 aromatic rings. The number of ether oxygens (including phenoxy) is 2. The lowest BCUT2D eigenvalue weighted by Crippen LogP contribution is -2.27. The van der Waals surface area contributed by atoms with Crippen molar-refractivity contribution in [3.8, 4) is 11.8 Å². The Morgan fingerprint density at radius 3 is 2.46 bits per heavy atom. The van der Waals surface area contributed by atoms with E-state index in [0.717, 1.165) is 39.1 Å². The summed E-state index contributed by atoms with van der Waals surface area (Å²) in [5.74, 6) is 5.86. The molecular weight excluding hydrogens is 302 g/mol. The number of esters is 1. The average molecular weight is 338 g/mol. The third-order valence-corrected chi connectivity index (χ3v) is 4.20. The molecule has 24 heavy (non-hydrogen) atoms. The minimum Gasteiger partial charge on any atom is -0.459 e. The van der Waals surface area contributed by atoms with E-state index in [4.69, 9.17) is 9.47 Å². The van der Waals surface area contributed by atoms with Crippen molar-refractivity contribution >= 4 is 5.97 Å². The zero-order valence-electron chi connectivity index (χ0n) is 15.8. The lowest BCUT2D eigenvalue weighted by atomic mass is 10.1. The highest BCUT2D eigenvalue weighted by Gasteiger charge is 2.33. The van der Waals surface area contributed by atoms with Gasteiger partial charge in [-0.25, -0.2) is 0 Å². The topological polar surface area (TPSA) is 38.8 Å². The first kappa shape index (κ1) is 21.0. The van der Waals surface area contributed by atoms with Crippen LogP contribution in [0.25, 0.3) is 0 Å². The van der Waals surface area contributed by atoms with Crippen LogP contribution in [0.5, 0.6) is 0 Å².